The fraction of sp³-hybridized carbons (Fsp3) is 0.471. The number of nitrogens with zero attached hydrogens (tertiary/aromatic N) is 4. The summed E-state index contributed by atoms with van der Waals surface area (Å²) in [5.74, 6) is -3.20. The highest BCUT2D eigenvalue weighted by molar-refractivity contribution is 6.29. The first-order valence-corrected chi connectivity index (χ1v) is 8.39. The average molecular weight is 367 g/mol. The van der Waals surface area contributed by atoms with E-state index in [2.05, 4.69) is 15.0 Å². The van der Waals surface area contributed by atoms with E-state index in [9.17, 15) is 8.78 Å². The van der Waals surface area contributed by atoms with Crippen LogP contribution < -0.4 is 4.90 Å². The number of aromatic nitrogens is 3. The second kappa shape index (κ2) is 5.57. The molecule has 0 bridgehead atoms. The minimum Gasteiger partial charge on any atom is -0.378 e. The van der Waals surface area contributed by atoms with Crippen molar-refractivity contribution in [1.29, 1.82) is 0 Å². The maximum atomic E-state index is 13.9. The number of halogens is 3. The summed E-state index contributed by atoms with van der Waals surface area (Å²) in [5, 5.41) is 0.369. The van der Waals surface area contributed by atoms with E-state index in [0.717, 1.165) is 31.0 Å². The zero-order valence-corrected chi connectivity index (χ0v) is 14.6. The molecule has 0 amide bonds. The molecule has 2 aromatic heterocycles. The fourth-order valence-corrected chi connectivity index (χ4v) is 3.50. The van der Waals surface area contributed by atoms with Crippen LogP contribution in [0.3, 0.4) is 0 Å². The number of hydrogen-bond acceptors (Lipinski definition) is 5. The summed E-state index contributed by atoms with van der Waals surface area (Å²) in [6, 6.07) is 3.46. The van der Waals surface area contributed by atoms with E-state index < -0.39 is 11.7 Å². The summed E-state index contributed by atoms with van der Waals surface area (Å²) >= 11 is 6.06. The van der Waals surface area contributed by atoms with Gasteiger partial charge in [-0.2, -0.15) is 8.78 Å². The summed E-state index contributed by atoms with van der Waals surface area (Å²) in [4.78, 5) is 14.2. The molecule has 3 heterocycles. The van der Waals surface area contributed by atoms with Crippen molar-refractivity contribution < 1.29 is 13.5 Å². The fourth-order valence-electron chi connectivity index (χ4n) is 3.35. The van der Waals surface area contributed by atoms with Crippen LogP contribution in [0.25, 0.3) is 0 Å². The summed E-state index contributed by atoms with van der Waals surface area (Å²) < 4.78 is 32.8. The van der Waals surface area contributed by atoms with Crippen LogP contribution in [0.15, 0.2) is 18.3 Å². The summed E-state index contributed by atoms with van der Waals surface area (Å²) in [6.45, 7) is 1.62. The number of rotatable bonds is 4. The van der Waals surface area contributed by atoms with Crippen LogP contribution in [0, 0.1) is 0 Å². The van der Waals surface area contributed by atoms with Crippen molar-refractivity contribution in [3.8, 4) is 0 Å². The molecule has 1 aliphatic heterocycles. The van der Waals surface area contributed by atoms with Gasteiger partial charge in [-0.3, -0.25) is 0 Å². The molecule has 0 atom stereocenters. The lowest BCUT2D eigenvalue weighted by Gasteiger charge is -2.21. The number of alkyl halides is 2. The standard InChI is InChI=1S/C17H17ClF2N4O/c1-16(19,20)15-22-10(8-25-2)5-14(23-15)24-9-17(3-4-17)11-7-21-13(18)6-12(11)24/h5-7H,3-4,8-9H2,1-2H3. The van der Waals surface area contributed by atoms with E-state index in [1.54, 1.807) is 18.3 Å². The molecule has 25 heavy (non-hydrogen) atoms. The molecule has 0 radical (unpaired) electrons. The monoisotopic (exact) mass is 366 g/mol. The third-order valence-corrected chi connectivity index (χ3v) is 4.96. The normalized spacial score (nSPS) is 17.9. The molecule has 5 nitrogen and oxygen atoms in total. The van der Waals surface area contributed by atoms with Gasteiger partial charge in [0.05, 0.1) is 18.0 Å². The highest BCUT2D eigenvalue weighted by Crippen LogP contribution is 2.58. The van der Waals surface area contributed by atoms with E-state index >= 15 is 0 Å². The van der Waals surface area contributed by atoms with Gasteiger partial charge in [-0.15, -0.1) is 0 Å². The van der Waals surface area contributed by atoms with Gasteiger partial charge in [0.2, 0.25) is 5.82 Å². The van der Waals surface area contributed by atoms with Gasteiger partial charge in [0.15, 0.2) is 0 Å². The first kappa shape index (κ1) is 16.6. The van der Waals surface area contributed by atoms with Crippen molar-refractivity contribution in [1.82, 2.24) is 15.0 Å². The molecule has 1 aliphatic carbocycles. The Bertz CT molecular complexity index is 836. The molecule has 4 rings (SSSR count). The Kier molecular flexibility index (Phi) is 3.70. The Labute approximate surface area is 149 Å². The minimum atomic E-state index is -3.13. The lowest BCUT2D eigenvalue weighted by molar-refractivity contribution is 0.00721. The van der Waals surface area contributed by atoms with Gasteiger partial charge >= 0.3 is 5.92 Å². The lowest BCUT2D eigenvalue weighted by Crippen LogP contribution is -2.23. The van der Waals surface area contributed by atoms with Crippen LogP contribution in [0.5, 0.6) is 0 Å². The van der Waals surface area contributed by atoms with E-state index in [4.69, 9.17) is 16.3 Å². The maximum absolute atomic E-state index is 13.9. The SMILES string of the molecule is COCc1cc(N2CC3(CC3)c3cnc(Cl)cc32)nc(C(C)(F)F)n1. The Morgan fingerprint density at radius 2 is 2.08 bits per heavy atom. The first-order valence-electron chi connectivity index (χ1n) is 8.01. The Morgan fingerprint density at radius 1 is 1.32 bits per heavy atom. The Balaban J connectivity index is 1.83. The molecule has 1 spiro atoms. The van der Waals surface area contributed by atoms with E-state index in [-0.39, 0.29) is 12.0 Å². The Morgan fingerprint density at radius 3 is 2.72 bits per heavy atom. The van der Waals surface area contributed by atoms with Crippen molar-refractivity contribution in [2.45, 2.75) is 37.7 Å². The van der Waals surface area contributed by atoms with E-state index in [0.29, 0.717) is 23.2 Å². The smallest absolute Gasteiger partial charge is 0.303 e. The molecule has 0 unspecified atom stereocenters. The van der Waals surface area contributed by atoms with E-state index in [1.165, 1.54) is 7.11 Å². The highest BCUT2D eigenvalue weighted by atomic mass is 35.5. The second-order valence-electron chi connectivity index (χ2n) is 6.75. The zero-order chi connectivity index (χ0) is 17.8. The molecule has 1 saturated carbocycles. The largest absolute Gasteiger partial charge is 0.378 e. The number of anilines is 2. The third-order valence-electron chi connectivity index (χ3n) is 4.75. The summed E-state index contributed by atoms with van der Waals surface area (Å²) in [6.07, 6.45) is 3.89. The van der Waals surface area contributed by atoms with Gasteiger partial charge in [-0.1, -0.05) is 11.6 Å². The van der Waals surface area contributed by atoms with Gasteiger partial charge in [0.25, 0.3) is 0 Å². The molecule has 2 aromatic rings. The number of hydrogen-bond donors (Lipinski definition) is 0. The minimum absolute atomic E-state index is 0.0359. The quantitative estimate of drug-likeness (QED) is 0.766. The molecule has 0 saturated heterocycles. The number of pyridine rings is 1. The maximum Gasteiger partial charge on any atom is 0.303 e. The molecule has 0 aromatic carbocycles. The summed E-state index contributed by atoms with van der Waals surface area (Å²) in [5.41, 5.74) is 2.44. The molecular weight excluding hydrogens is 350 g/mol. The van der Waals surface area contributed by atoms with Crippen LogP contribution in [-0.2, 0) is 22.7 Å². The van der Waals surface area contributed by atoms with Crippen LogP contribution >= 0.6 is 11.6 Å². The van der Waals surface area contributed by atoms with Gasteiger partial charge < -0.3 is 9.64 Å². The van der Waals surface area contributed by atoms with Crippen molar-refractivity contribution in [3.05, 3.63) is 40.6 Å². The van der Waals surface area contributed by atoms with Crippen LogP contribution in [0.2, 0.25) is 5.15 Å². The molecule has 1 fully saturated rings. The number of methoxy groups -OCH3 is 1. The molecule has 132 valence electrons. The van der Waals surface area contributed by atoms with Gasteiger partial charge in [-0.05, 0) is 18.9 Å². The molecule has 8 heteroatoms. The van der Waals surface area contributed by atoms with Gasteiger partial charge in [0.1, 0.15) is 11.0 Å². The van der Waals surface area contributed by atoms with Crippen molar-refractivity contribution in [3.63, 3.8) is 0 Å². The number of fused-ring (bicyclic) bond motifs is 2. The molecular formula is C17H17ClF2N4O. The summed E-state index contributed by atoms with van der Waals surface area (Å²) in [7, 11) is 1.50. The van der Waals surface area contributed by atoms with Crippen molar-refractivity contribution in [2.75, 3.05) is 18.6 Å². The van der Waals surface area contributed by atoms with E-state index in [1.807, 2.05) is 4.90 Å². The van der Waals surface area contributed by atoms with Crippen LogP contribution in [0.1, 0.15) is 36.8 Å². The topological polar surface area (TPSA) is 51.1 Å². The van der Waals surface area contributed by atoms with Gasteiger partial charge in [0, 0.05) is 43.8 Å². The second-order valence-corrected chi connectivity index (χ2v) is 7.14. The molecule has 0 N–H and O–H groups in total. The van der Waals surface area contributed by atoms with Crippen molar-refractivity contribution >= 4 is 23.1 Å². The zero-order valence-electron chi connectivity index (χ0n) is 13.9. The van der Waals surface area contributed by atoms with Crippen LogP contribution in [-0.4, -0.2) is 28.6 Å². The predicted molar refractivity (Wildman–Crippen MR) is 89.5 cm³/mol. The Hall–Kier alpha value is -1.86. The lowest BCUT2D eigenvalue weighted by atomic mass is 10.0. The van der Waals surface area contributed by atoms with Crippen LogP contribution in [0.4, 0.5) is 20.3 Å². The highest BCUT2D eigenvalue weighted by Gasteiger charge is 2.52. The number of ether oxygens (including phenoxy) is 1. The van der Waals surface area contributed by atoms with Crippen molar-refractivity contribution in [2.24, 2.45) is 0 Å². The van der Waals surface area contributed by atoms with Gasteiger partial charge in [-0.25, -0.2) is 15.0 Å². The predicted octanol–water partition coefficient (Wildman–Crippen LogP) is 3.97. The molecule has 2 aliphatic rings. The first-order chi connectivity index (χ1) is 11.8. The average Bonchev–Trinajstić information content (AvgIpc) is 3.25. The third kappa shape index (κ3) is 2.85.